The third-order valence-corrected chi connectivity index (χ3v) is 4.35. The van der Waals surface area contributed by atoms with Crippen molar-refractivity contribution in [2.45, 2.75) is 20.8 Å². The van der Waals surface area contributed by atoms with Crippen LogP contribution in [0.15, 0.2) is 34.9 Å². The van der Waals surface area contributed by atoms with Gasteiger partial charge in [0.1, 0.15) is 5.69 Å². The van der Waals surface area contributed by atoms with Crippen molar-refractivity contribution in [2.75, 3.05) is 18.9 Å². The Balaban J connectivity index is 3.21. The van der Waals surface area contributed by atoms with Gasteiger partial charge in [0, 0.05) is 11.8 Å². The van der Waals surface area contributed by atoms with Gasteiger partial charge in [-0.3, -0.25) is 4.72 Å². The molecule has 0 unspecified atom stereocenters. The first kappa shape index (κ1) is 18.7. The minimum Gasteiger partial charge on any atom is -0.480 e. The molecule has 0 aromatic carbocycles. The predicted octanol–water partition coefficient (Wildman–Crippen LogP) is 2.16. The van der Waals surface area contributed by atoms with Gasteiger partial charge in [-0.05, 0) is 38.5 Å². The normalized spacial score (nSPS) is 12.7. The Bertz CT molecular complexity index is 751. The predicted molar refractivity (Wildman–Crippen MR) is 87.6 cm³/mol. The molecule has 8 heteroatoms. The fourth-order valence-corrected chi connectivity index (χ4v) is 2.94. The zero-order valence-electron chi connectivity index (χ0n) is 13.7. The van der Waals surface area contributed by atoms with Gasteiger partial charge < -0.3 is 9.47 Å². The van der Waals surface area contributed by atoms with Gasteiger partial charge in [0.15, 0.2) is 0 Å². The smallest absolute Gasteiger partial charge is 0.333 e. The first-order valence-electron chi connectivity index (χ1n) is 6.71. The Morgan fingerprint density at radius 1 is 1.35 bits per heavy atom. The quantitative estimate of drug-likeness (QED) is 0.484. The molecule has 0 radical (unpaired) electrons. The van der Waals surface area contributed by atoms with Gasteiger partial charge in [-0.2, -0.15) is 0 Å². The molecular formula is C15H20N2O5S. The molecule has 0 saturated carbocycles. The van der Waals surface area contributed by atoms with Gasteiger partial charge in [-0.25, -0.2) is 18.2 Å². The molecule has 23 heavy (non-hydrogen) atoms. The third kappa shape index (κ3) is 4.82. The zero-order chi connectivity index (χ0) is 17.6. The highest BCUT2D eigenvalue weighted by Crippen LogP contribution is 2.25. The van der Waals surface area contributed by atoms with Crippen LogP contribution in [0.3, 0.4) is 0 Å². The van der Waals surface area contributed by atoms with Crippen LogP contribution >= 0.6 is 0 Å². The number of ether oxygens (including phenoxy) is 2. The molecule has 0 aliphatic rings. The molecule has 0 aliphatic carbocycles. The highest BCUT2D eigenvalue weighted by atomic mass is 32.2. The summed E-state index contributed by atoms with van der Waals surface area (Å²) in [5.41, 5.74) is 1.16. The number of carbonyl (C=O) groups is 1. The second kappa shape index (κ2) is 7.77. The highest BCUT2D eigenvalue weighted by Gasteiger charge is 2.19. The molecule has 1 aromatic rings. The van der Waals surface area contributed by atoms with E-state index in [2.05, 4.69) is 14.4 Å². The summed E-state index contributed by atoms with van der Waals surface area (Å²) in [6, 6.07) is 1.60. The molecule has 126 valence electrons. The molecule has 1 heterocycles. The van der Waals surface area contributed by atoms with Crippen LogP contribution in [0.1, 0.15) is 19.4 Å². The SMILES string of the molecule is C/C=C(\C=C(/C)C(=O)OC)S(=O)(=O)Nc1cc(C)cnc1OC. The Hall–Kier alpha value is -2.35. The van der Waals surface area contributed by atoms with Crippen molar-refractivity contribution >= 4 is 21.7 Å². The number of anilines is 1. The van der Waals surface area contributed by atoms with Gasteiger partial charge in [-0.15, -0.1) is 0 Å². The number of sulfonamides is 1. The van der Waals surface area contributed by atoms with E-state index in [4.69, 9.17) is 4.74 Å². The lowest BCUT2D eigenvalue weighted by atomic mass is 10.3. The van der Waals surface area contributed by atoms with E-state index < -0.39 is 16.0 Å². The summed E-state index contributed by atoms with van der Waals surface area (Å²) in [5.74, 6) is -0.447. The number of nitrogens with zero attached hydrogens (tertiary/aromatic N) is 1. The number of methoxy groups -OCH3 is 2. The fraction of sp³-hybridized carbons (Fsp3) is 0.333. The molecule has 0 spiro atoms. The molecule has 0 amide bonds. The first-order valence-corrected chi connectivity index (χ1v) is 8.19. The summed E-state index contributed by atoms with van der Waals surface area (Å²) < 4.78 is 37.0. The van der Waals surface area contributed by atoms with Gasteiger partial charge in [0.05, 0.1) is 19.1 Å². The second-order valence-corrected chi connectivity index (χ2v) is 6.37. The number of hydrogen-bond acceptors (Lipinski definition) is 6. The van der Waals surface area contributed by atoms with Gasteiger partial charge in [0.2, 0.25) is 5.88 Å². The van der Waals surface area contributed by atoms with Crippen molar-refractivity contribution in [2.24, 2.45) is 0 Å². The van der Waals surface area contributed by atoms with Crippen molar-refractivity contribution in [3.63, 3.8) is 0 Å². The number of aromatic nitrogens is 1. The number of hydrogen-bond donors (Lipinski definition) is 1. The summed E-state index contributed by atoms with van der Waals surface area (Å²) in [5, 5.41) is 0. The molecule has 1 rings (SSSR count). The van der Waals surface area contributed by atoms with E-state index in [0.717, 1.165) is 5.56 Å². The van der Waals surface area contributed by atoms with Crippen molar-refractivity contribution in [3.05, 3.63) is 40.5 Å². The Labute approximate surface area is 136 Å². The molecule has 0 aliphatic heterocycles. The Morgan fingerprint density at radius 2 is 2.00 bits per heavy atom. The van der Waals surface area contributed by atoms with E-state index in [0.29, 0.717) is 0 Å². The van der Waals surface area contributed by atoms with Gasteiger partial charge in [0.25, 0.3) is 10.0 Å². The van der Waals surface area contributed by atoms with Crippen molar-refractivity contribution in [3.8, 4) is 5.88 Å². The maximum absolute atomic E-state index is 12.5. The minimum atomic E-state index is -3.90. The molecule has 0 bridgehead atoms. The summed E-state index contributed by atoms with van der Waals surface area (Å²) >= 11 is 0. The van der Waals surface area contributed by atoms with Crippen LogP contribution in [0, 0.1) is 6.92 Å². The van der Waals surface area contributed by atoms with E-state index >= 15 is 0 Å². The monoisotopic (exact) mass is 340 g/mol. The van der Waals surface area contributed by atoms with Crippen molar-refractivity contribution in [1.29, 1.82) is 0 Å². The number of aryl methyl sites for hydroxylation is 1. The van der Waals surface area contributed by atoms with Crippen LogP contribution in [0.25, 0.3) is 0 Å². The number of allylic oxidation sites excluding steroid dienone is 2. The second-order valence-electron chi connectivity index (χ2n) is 4.68. The number of nitrogens with one attached hydrogen (secondary N) is 1. The maximum atomic E-state index is 12.5. The maximum Gasteiger partial charge on any atom is 0.333 e. The summed E-state index contributed by atoms with van der Waals surface area (Å²) in [6.07, 6.45) is 4.18. The van der Waals surface area contributed by atoms with Crippen LogP contribution in [-0.4, -0.2) is 33.6 Å². The van der Waals surface area contributed by atoms with Crippen molar-refractivity contribution < 1.29 is 22.7 Å². The lowest BCUT2D eigenvalue weighted by molar-refractivity contribution is -0.136. The molecule has 1 aromatic heterocycles. The number of esters is 1. The third-order valence-electron chi connectivity index (χ3n) is 2.89. The highest BCUT2D eigenvalue weighted by molar-refractivity contribution is 7.96. The first-order chi connectivity index (χ1) is 10.7. The molecule has 0 fully saturated rings. The zero-order valence-corrected chi connectivity index (χ0v) is 14.5. The molecule has 7 nitrogen and oxygen atoms in total. The van der Waals surface area contributed by atoms with E-state index in [1.807, 2.05) is 0 Å². The molecule has 1 N–H and O–H groups in total. The fourth-order valence-electron chi connectivity index (χ4n) is 1.75. The Morgan fingerprint density at radius 3 is 2.52 bits per heavy atom. The lowest BCUT2D eigenvalue weighted by Gasteiger charge is -2.12. The number of rotatable bonds is 6. The van der Waals surface area contributed by atoms with Crippen molar-refractivity contribution in [1.82, 2.24) is 4.98 Å². The van der Waals surface area contributed by atoms with E-state index in [1.54, 1.807) is 26.1 Å². The molecule has 0 atom stereocenters. The average Bonchev–Trinajstić information content (AvgIpc) is 2.51. The minimum absolute atomic E-state index is 0.0658. The molecular weight excluding hydrogens is 320 g/mol. The van der Waals surface area contributed by atoms with Crippen LogP contribution in [0.5, 0.6) is 5.88 Å². The molecule has 0 saturated heterocycles. The van der Waals surface area contributed by atoms with Crippen LogP contribution in [-0.2, 0) is 19.6 Å². The topological polar surface area (TPSA) is 94.6 Å². The van der Waals surface area contributed by atoms with E-state index in [-0.39, 0.29) is 22.0 Å². The summed E-state index contributed by atoms with van der Waals surface area (Å²) in [4.78, 5) is 15.4. The lowest BCUT2D eigenvalue weighted by Crippen LogP contribution is -2.16. The van der Waals surface area contributed by atoms with E-state index in [1.165, 1.54) is 33.3 Å². The largest absolute Gasteiger partial charge is 0.480 e. The van der Waals surface area contributed by atoms with Crippen LogP contribution in [0.2, 0.25) is 0 Å². The van der Waals surface area contributed by atoms with Crippen LogP contribution < -0.4 is 9.46 Å². The standard InChI is InChI=1S/C15H20N2O5S/c1-6-12(8-11(3)15(18)22-5)23(19,20)17-13-7-10(2)9-16-14(13)21-4/h6-9,17H,1-5H3/b11-8+,12-6+. The number of pyridine rings is 1. The van der Waals surface area contributed by atoms with Crippen LogP contribution in [0.4, 0.5) is 5.69 Å². The van der Waals surface area contributed by atoms with Gasteiger partial charge >= 0.3 is 5.97 Å². The average molecular weight is 340 g/mol. The summed E-state index contributed by atoms with van der Waals surface area (Å²) in [7, 11) is -1.28. The van der Waals surface area contributed by atoms with Gasteiger partial charge in [-0.1, -0.05) is 6.08 Å². The summed E-state index contributed by atoms with van der Waals surface area (Å²) in [6.45, 7) is 4.81. The van der Waals surface area contributed by atoms with E-state index in [9.17, 15) is 13.2 Å². The Kier molecular flexibility index (Phi) is 6.32. The number of carbonyl (C=O) groups excluding carboxylic acids is 1.